The maximum absolute atomic E-state index is 13.2. The number of piperidine rings is 1. The third kappa shape index (κ3) is 6.03. The first-order valence-corrected chi connectivity index (χ1v) is 7.50. The summed E-state index contributed by atoms with van der Waals surface area (Å²) in [5.41, 5.74) is 0.559. The van der Waals surface area contributed by atoms with Gasteiger partial charge in [-0.1, -0.05) is 30.3 Å². The predicted molar refractivity (Wildman–Crippen MR) is 85.6 cm³/mol. The van der Waals surface area contributed by atoms with E-state index in [2.05, 4.69) is 10.6 Å². The van der Waals surface area contributed by atoms with E-state index in [0.717, 1.165) is 0 Å². The molecule has 2 rings (SSSR count). The van der Waals surface area contributed by atoms with Gasteiger partial charge in [-0.15, -0.1) is 12.4 Å². The maximum Gasteiger partial charge on any atom is 0.408 e. The van der Waals surface area contributed by atoms with Crippen molar-refractivity contribution in [3.05, 3.63) is 35.9 Å². The molecule has 0 radical (unpaired) electrons. The minimum Gasteiger partial charge on any atom is -0.344 e. The monoisotopic (exact) mass is 350 g/mol. The van der Waals surface area contributed by atoms with Gasteiger partial charge in [-0.3, -0.25) is 4.79 Å². The summed E-state index contributed by atoms with van der Waals surface area (Å²) in [6.45, 7) is 2.60. The topological polar surface area (TPSA) is 41.1 Å². The number of hydrogen-bond acceptors (Lipinski definition) is 2. The van der Waals surface area contributed by atoms with Crippen LogP contribution in [-0.2, 0) is 11.2 Å². The Balaban J connectivity index is 0.00000264. The van der Waals surface area contributed by atoms with Crippen LogP contribution in [0.4, 0.5) is 13.2 Å². The molecule has 130 valence electrons. The van der Waals surface area contributed by atoms with Crippen LogP contribution in [0.1, 0.15) is 25.3 Å². The molecule has 0 aromatic heterocycles. The number of nitrogens with one attached hydrogen (secondary N) is 2. The second-order valence-electron chi connectivity index (χ2n) is 5.87. The fraction of sp³-hybridized carbons (Fsp3) is 0.562. The summed E-state index contributed by atoms with van der Waals surface area (Å²) in [6, 6.07) is 6.73. The van der Waals surface area contributed by atoms with Gasteiger partial charge in [-0.25, -0.2) is 0 Å². The standard InChI is InChI=1S/C16H21F3N2O.ClH/c1-11-9-13(7-8-20-11)15(22)21-14(16(17,18)19)10-12-5-3-2-4-6-12;/h2-6,11,13-14,20H,7-10H2,1H3,(H,21,22);1H/t11-,13-,14?;/m0./s1. The van der Waals surface area contributed by atoms with Gasteiger partial charge >= 0.3 is 6.18 Å². The summed E-state index contributed by atoms with van der Waals surface area (Å²) >= 11 is 0. The number of hydrogen-bond donors (Lipinski definition) is 2. The normalized spacial score (nSPS) is 22.8. The molecule has 0 spiro atoms. The van der Waals surface area contributed by atoms with Crippen molar-refractivity contribution in [1.29, 1.82) is 0 Å². The lowest BCUT2D eigenvalue weighted by molar-refractivity contribution is -0.163. The number of alkyl halides is 3. The SMILES string of the molecule is C[C@H]1C[C@@H](C(=O)NC(Cc2ccccc2)C(F)(F)F)CCN1.Cl. The molecule has 1 aromatic carbocycles. The fourth-order valence-electron chi connectivity index (χ4n) is 2.76. The highest BCUT2D eigenvalue weighted by Gasteiger charge is 2.41. The van der Waals surface area contributed by atoms with Crippen LogP contribution in [0, 0.1) is 5.92 Å². The first-order chi connectivity index (χ1) is 10.4. The first-order valence-electron chi connectivity index (χ1n) is 7.50. The molecule has 1 heterocycles. The molecule has 1 aliphatic rings. The van der Waals surface area contributed by atoms with Gasteiger partial charge in [0.2, 0.25) is 5.91 Å². The molecular formula is C16H22ClF3N2O. The van der Waals surface area contributed by atoms with Gasteiger partial charge in [0, 0.05) is 18.4 Å². The molecule has 1 aromatic rings. The van der Waals surface area contributed by atoms with E-state index in [4.69, 9.17) is 0 Å². The zero-order valence-electron chi connectivity index (χ0n) is 12.9. The first kappa shape index (κ1) is 19.8. The van der Waals surface area contributed by atoms with Gasteiger partial charge in [-0.2, -0.15) is 13.2 Å². The molecule has 2 N–H and O–H groups in total. The van der Waals surface area contributed by atoms with Crippen LogP contribution in [0.5, 0.6) is 0 Å². The summed E-state index contributed by atoms with van der Waals surface area (Å²) in [5, 5.41) is 5.39. The molecule has 0 aliphatic carbocycles. The van der Waals surface area contributed by atoms with Crippen molar-refractivity contribution in [3.8, 4) is 0 Å². The summed E-state index contributed by atoms with van der Waals surface area (Å²) in [6.07, 6.45) is -3.55. The van der Waals surface area contributed by atoms with Crippen LogP contribution >= 0.6 is 12.4 Å². The van der Waals surface area contributed by atoms with E-state index in [0.29, 0.717) is 24.9 Å². The largest absolute Gasteiger partial charge is 0.408 e. The average Bonchev–Trinajstić information content (AvgIpc) is 2.46. The molecule has 1 aliphatic heterocycles. The van der Waals surface area contributed by atoms with E-state index in [-0.39, 0.29) is 30.8 Å². The molecule has 7 heteroatoms. The van der Waals surface area contributed by atoms with Gasteiger partial charge in [0.25, 0.3) is 0 Å². The zero-order chi connectivity index (χ0) is 16.2. The zero-order valence-corrected chi connectivity index (χ0v) is 13.7. The summed E-state index contributed by atoms with van der Waals surface area (Å²) < 4.78 is 39.5. The Labute approximate surface area is 140 Å². The van der Waals surface area contributed by atoms with E-state index in [1.807, 2.05) is 6.92 Å². The molecule has 1 fully saturated rings. The summed E-state index contributed by atoms with van der Waals surface area (Å²) in [5.74, 6) is -0.844. The van der Waals surface area contributed by atoms with Crippen molar-refractivity contribution in [3.63, 3.8) is 0 Å². The molecule has 1 unspecified atom stereocenters. The number of amides is 1. The molecule has 1 saturated heterocycles. The minimum atomic E-state index is -4.45. The smallest absolute Gasteiger partial charge is 0.344 e. The van der Waals surface area contributed by atoms with Gasteiger partial charge in [0.15, 0.2) is 0 Å². The van der Waals surface area contributed by atoms with Crippen LogP contribution < -0.4 is 10.6 Å². The highest BCUT2D eigenvalue weighted by Crippen LogP contribution is 2.25. The van der Waals surface area contributed by atoms with Crippen molar-refractivity contribution in [1.82, 2.24) is 10.6 Å². The quantitative estimate of drug-likeness (QED) is 0.876. The summed E-state index contributed by atoms with van der Waals surface area (Å²) in [4.78, 5) is 12.2. The van der Waals surface area contributed by atoms with Gasteiger partial charge < -0.3 is 10.6 Å². The lowest BCUT2D eigenvalue weighted by Crippen LogP contribution is -2.51. The third-order valence-corrected chi connectivity index (χ3v) is 3.99. The number of benzene rings is 1. The molecule has 0 saturated carbocycles. The number of carbonyl (C=O) groups is 1. The van der Waals surface area contributed by atoms with E-state index in [1.165, 1.54) is 0 Å². The second-order valence-corrected chi connectivity index (χ2v) is 5.87. The van der Waals surface area contributed by atoms with E-state index >= 15 is 0 Å². The van der Waals surface area contributed by atoms with Crippen LogP contribution in [0.2, 0.25) is 0 Å². The maximum atomic E-state index is 13.2. The number of rotatable bonds is 4. The highest BCUT2D eigenvalue weighted by atomic mass is 35.5. The van der Waals surface area contributed by atoms with E-state index < -0.39 is 18.1 Å². The van der Waals surface area contributed by atoms with E-state index in [9.17, 15) is 18.0 Å². The number of carbonyl (C=O) groups excluding carboxylic acids is 1. The van der Waals surface area contributed by atoms with Gasteiger partial charge in [0.05, 0.1) is 0 Å². The Hall–Kier alpha value is -1.27. The molecule has 3 nitrogen and oxygen atoms in total. The Morgan fingerprint density at radius 1 is 1.35 bits per heavy atom. The fourth-order valence-corrected chi connectivity index (χ4v) is 2.76. The summed E-state index contributed by atoms with van der Waals surface area (Å²) in [7, 11) is 0. The van der Waals surface area contributed by atoms with Crippen LogP contribution in [0.25, 0.3) is 0 Å². The Kier molecular flexibility index (Phi) is 7.35. The van der Waals surface area contributed by atoms with Crippen molar-refractivity contribution < 1.29 is 18.0 Å². The predicted octanol–water partition coefficient (Wildman–Crippen LogP) is 3.09. The highest BCUT2D eigenvalue weighted by molar-refractivity contribution is 5.85. The average molecular weight is 351 g/mol. The Bertz CT molecular complexity index is 496. The molecule has 23 heavy (non-hydrogen) atoms. The van der Waals surface area contributed by atoms with Crippen molar-refractivity contribution in [2.75, 3.05) is 6.54 Å². The molecular weight excluding hydrogens is 329 g/mol. The van der Waals surface area contributed by atoms with Crippen LogP contribution in [0.15, 0.2) is 30.3 Å². The number of halogens is 4. The van der Waals surface area contributed by atoms with Crippen molar-refractivity contribution in [2.45, 2.75) is 44.4 Å². The van der Waals surface area contributed by atoms with Crippen LogP contribution in [0.3, 0.4) is 0 Å². The van der Waals surface area contributed by atoms with Crippen molar-refractivity contribution in [2.24, 2.45) is 5.92 Å². The van der Waals surface area contributed by atoms with Gasteiger partial charge in [0.1, 0.15) is 6.04 Å². The van der Waals surface area contributed by atoms with Gasteiger partial charge in [-0.05, 0) is 31.9 Å². The lowest BCUT2D eigenvalue weighted by Gasteiger charge is -2.29. The Morgan fingerprint density at radius 2 is 2.00 bits per heavy atom. The van der Waals surface area contributed by atoms with Crippen molar-refractivity contribution >= 4 is 18.3 Å². The Morgan fingerprint density at radius 3 is 2.57 bits per heavy atom. The van der Waals surface area contributed by atoms with Crippen LogP contribution in [-0.4, -0.2) is 30.7 Å². The minimum absolute atomic E-state index is 0. The molecule has 0 bridgehead atoms. The third-order valence-electron chi connectivity index (χ3n) is 3.99. The lowest BCUT2D eigenvalue weighted by atomic mass is 9.92. The second kappa shape index (κ2) is 8.55. The molecule has 1 amide bonds. The van der Waals surface area contributed by atoms with E-state index in [1.54, 1.807) is 30.3 Å². The molecule has 3 atom stereocenters.